The minimum absolute atomic E-state index is 0.0666. The fourth-order valence-electron chi connectivity index (χ4n) is 2.91. The number of ketones is 1. The van der Waals surface area contributed by atoms with Crippen LogP contribution in [-0.4, -0.2) is 16.9 Å². The molecule has 3 nitrogen and oxygen atoms in total. The third kappa shape index (κ3) is 3.60. The summed E-state index contributed by atoms with van der Waals surface area (Å²) in [6.45, 7) is 3.82. The summed E-state index contributed by atoms with van der Waals surface area (Å²) in [6.07, 6.45) is 0. The number of rotatable bonds is 5. The summed E-state index contributed by atoms with van der Waals surface area (Å²) in [5.74, 6) is -0.750. The van der Waals surface area contributed by atoms with Gasteiger partial charge in [-0.25, -0.2) is 8.78 Å². The van der Waals surface area contributed by atoms with E-state index >= 15 is 0 Å². The van der Waals surface area contributed by atoms with E-state index in [1.165, 1.54) is 24.3 Å². The van der Waals surface area contributed by atoms with Crippen molar-refractivity contribution in [2.24, 2.45) is 0 Å². The molecule has 2 aromatic carbocycles. The van der Waals surface area contributed by atoms with Crippen LogP contribution >= 0.6 is 0 Å². The molecule has 0 aliphatic carbocycles. The first kappa shape index (κ1) is 16.9. The molecule has 0 saturated heterocycles. The van der Waals surface area contributed by atoms with E-state index in [1.54, 1.807) is 24.3 Å². The van der Waals surface area contributed by atoms with Crippen LogP contribution in [0.5, 0.6) is 0 Å². The third-order valence-corrected chi connectivity index (χ3v) is 4.09. The molecule has 0 aliphatic heterocycles. The van der Waals surface area contributed by atoms with Crippen LogP contribution in [0.1, 0.15) is 21.7 Å². The second-order valence-electron chi connectivity index (χ2n) is 5.88. The summed E-state index contributed by atoms with van der Waals surface area (Å²) < 4.78 is 28.2. The predicted octanol–water partition coefficient (Wildman–Crippen LogP) is 4.67. The third-order valence-electron chi connectivity index (χ3n) is 4.09. The van der Waals surface area contributed by atoms with Gasteiger partial charge in [-0.1, -0.05) is 6.07 Å². The highest BCUT2D eigenvalue weighted by Crippen LogP contribution is 2.22. The van der Waals surface area contributed by atoms with Gasteiger partial charge in [0.25, 0.3) is 0 Å². The van der Waals surface area contributed by atoms with E-state index in [2.05, 4.69) is 5.32 Å². The monoisotopic (exact) mass is 340 g/mol. The van der Waals surface area contributed by atoms with Crippen molar-refractivity contribution in [2.45, 2.75) is 13.8 Å². The molecule has 0 unspecified atom stereocenters. The van der Waals surface area contributed by atoms with Crippen LogP contribution in [0.15, 0.2) is 54.6 Å². The lowest BCUT2D eigenvalue weighted by Crippen LogP contribution is -2.15. The molecule has 0 spiro atoms. The van der Waals surface area contributed by atoms with E-state index in [9.17, 15) is 13.6 Å². The number of halogens is 2. The summed E-state index contributed by atoms with van der Waals surface area (Å²) in [7, 11) is 0. The fraction of sp³-hybridized carbons (Fsp3) is 0.150. The lowest BCUT2D eigenvalue weighted by molar-refractivity contribution is 0.101. The zero-order valence-electron chi connectivity index (χ0n) is 14.0. The molecule has 0 atom stereocenters. The number of aromatic nitrogens is 1. The average molecular weight is 340 g/mol. The van der Waals surface area contributed by atoms with Crippen LogP contribution in [0.4, 0.5) is 14.5 Å². The normalized spacial score (nSPS) is 10.7. The Morgan fingerprint density at radius 3 is 2.40 bits per heavy atom. The summed E-state index contributed by atoms with van der Waals surface area (Å²) in [6, 6.07) is 13.9. The van der Waals surface area contributed by atoms with E-state index < -0.39 is 0 Å². The summed E-state index contributed by atoms with van der Waals surface area (Å²) in [5, 5.41) is 2.94. The van der Waals surface area contributed by atoms with Crippen LogP contribution in [0.2, 0.25) is 0 Å². The van der Waals surface area contributed by atoms with Crippen LogP contribution in [0.25, 0.3) is 5.69 Å². The number of carbonyl (C=O) groups is 1. The Hall–Kier alpha value is -2.95. The molecule has 5 heteroatoms. The van der Waals surface area contributed by atoms with Gasteiger partial charge < -0.3 is 9.88 Å². The van der Waals surface area contributed by atoms with E-state index in [0.717, 1.165) is 17.1 Å². The average Bonchev–Trinajstić information content (AvgIpc) is 2.88. The van der Waals surface area contributed by atoms with Gasteiger partial charge in [-0.05, 0) is 62.4 Å². The molecular formula is C20H18F2N2O. The number of benzene rings is 2. The van der Waals surface area contributed by atoms with Gasteiger partial charge in [-0.2, -0.15) is 0 Å². The number of nitrogens with zero attached hydrogens (tertiary/aromatic N) is 1. The smallest absolute Gasteiger partial charge is 0.183 e. The topological polar surface area (TPSA) is 34.0 Å². The van der Waals surface area contributed by atoms with Crippen molar-refractivity contribution in [1.29, 1.82) is 0 Å². The molecule has 1 heterocycles. The zero-order valence-corrected chi connectivity index (χ0v) is 14.0. The van der Waals surface area contributed by atoms with Crippen LogP contribution in [-0.2, 0) is 0 Å². The Balaban J connectivity index is 1.82. The van der Waals surface area contributed by atoms with Gasteiger partial charge in [-0.15, -0.1) is 0 Å². The number of anilines is 1. The maximum Gasteiger partial charge on any atom is 0.183 e. The van der Waals surface area contributed by atoms with Crippen molar-refractivity contribution < 1.29 is 13.6 Å². The fourth-order valence-corrected chi connectivity index (χ4v) is 2.91. The van der Waals surface area contributed by atoms with Crippen LogP contribution in [0, 0.1) is 25.5 Å². The highest BCUT2D eigenvalue weighted by molar-refractivity contribution is 6.00. The molecule has 0 fully saturated rings. The second-order valence-corrected chi connectivity index (χ2v) is 5.88. The maximum absolute atomic E-state index is 13.2. The molecule has 25 heavy (non-hydrogen) atoms. The number of Topliss-reactive ketones (excluding diaryl/α,β-unsaturated/α-hetero) is 1. The predicted molar refractivity (Wildman–Crippen MR) is 94.4 cm³/mol. The Bertz CT molecular complexity index is 914. The number of aryl methyl sites for hydroxylation is 1. The molecule has 0 aliphatic rings. The van der Waals surface area contributed by atoms with Gasteiger partial charge in [-0.3, -0.25) is 4.79 Å². The SMILES string of the molecule is Cc1cc(C(=O)CNc2cccc(F)c2)c(C)n1-c1ccc(F)cc1. The molecule has 3 rings (SSSR count). The molecule has 0 bridgehead atoms. The van der Waals surface area contributed by atoms with Crippen molar-refractivity contribution in [3.05, 3.63) is 83.2 Å². The van der Waals surface area contributed by atoms with Crippen molar-refractivity contribution in [1.82, 2.24) is 4.57 Å². The maximum atomic E-state index is 13.2. The standard InChI is InChI=1S/C20H18F2N2O/c1-13-10-19(14(2)24(13)18-8-6-15(21)7-9-18)20(25)12-23-17-5-3-4-16(22)11-17/h3-11,23H,12H2,1-2H3. The lowest BCUT2D eigenvalue weighted by atomic mass is 10.1. The van der Waals surface area contributed by atoms with Crippen molar-refractivity contribution in [3.8, 4) is 5.69 Å². The number of nitrogens with one attached hydrogen (secondary N) is 1. The van der Waals surface area contributed by atoms with E-state index in [-0.39, 0.29) is 24.0 Å². The first-order chi connectivity index (χ1) is 12.0. The Morgan fingerprint density at radius 1 is 1.00 bits per heavy atom. The minimum atomic E-state index is -0.355. The first-order valence-corrected chi connectivity index (χ1v) is 7.93. The lowest BCUT2D eigenvalue weighted by Gasteiger charge is -2.10. The van der Waals surface area contributed by atoms with Gasteiger partial charge in [0.15, 0.2) is 5.78 Å². The van der Waals surface area contributed by atoms with Crippen molar-refractivity contribution >= 4 is 11.5 Å². The molecule has 1 aromatic heterocycles. The van der Waals surface area contributed by atoms with E-state index in [1.807, 2.05) is 24.5 Å². The van der Waals surface area contributed by atoms with Gasteiger partial charge >= 0.3 is 0 Å². The molecule has 128 valence electrons. The van der Waals surface area contributed by atoms with E-state index in [4.69, 9.17) is 0 Å². The molecule has 0 saturated carbocycles. The number of carbonyl (C=O) groups excluding carboxylic acids is 1. The number of hydrogen-bond acceptors (Lipinski definition) is 2. The number of hydrogen-bond donors (Lipinski definition) is 1. The van der Waals surface area contributed by atoms with Gasteiger partial charge in [0.1, 0.15) is 11.6 Å². The summed E-state index contributed by atoms with van der Waals surface area (Å²) in [4.78, 5) is 12.5. The summed E-state index contributed by atoms with van der Waals surface area (Å²) >= 11 is 0. The Labute approximate surface area is 144 Å². The highest BCUT2D eigenvalue weighted by atomic mass is 19.1. The van der Waals surface area contributed by atoms with Crippen molar-refractivity contribution in [2.75, 3.05) is 11.9 Å². The van der Waals surface area contributed by atoms with E-state index in [0.29, 0.717) is 11.3 Å². The summed E-state index contributed by atoms with van der Waals surface area (Å²) in [5.41, 5.74) is 3.62. The molecular weight excluding hydrogens is 322 g/mol. The van der Waals surface area contributed by atoms with Gasteiger partial charge in [0.05, 0.1) is 6.54 Å². The van der Waals surface area contributed by atoms with Crippen LogP contribution in [0.3, 0.4) is 0 Å². The molecule has 3 aromatic rings. The molecule has 1 N–H and O–H groups in total. The first-order valence-electron chi connectivity index (χ1n) is 7.93. The van der Waals surface area contributed by atoms with Gasteiger partial charge in [0.2, 0.25) is 0 Å². The zero-order chi connectivity index (χ0) is 18.0. The molecule has 0 amide bonds. The van der Waals surface area contributed by atoms with Crippen LogP contribution < -0.4 is 5.32 Å². The van der Waals surface area contributed by atoms with Crippen molar-refractivity contribution in [3.63, 3.8) is 0 Å². The quantitative estimate of drug-likeness (QED) is 0.685. The largest absolute Gasteiger partial charge is 0.377 e. The highest BCUT2D eigenvalue weighted by Gasteiger charge is 2.16. The minimum Gasteiger partial charge on any atom is -0.377 e. The Kier molecular flexibility index (Phi) is 4.65. The second kappa shape index (κ2) is 6.89. The molecule has 0 radical (unpaired) electrons. The Morgan fingerprint density at radius 2 is 1.72 bits per heavy atom. The van der Waals surface area contributed by atoms with Gasteiger partial charge in [0, 0.05) is 28.3 Å².